The van der Waals surface area contributed by atoms with Gasteiger partial charge in [-0.15, -0.1) is 0 Å². The molecule has 28 heavy (non-hydrogen) atoms. The summed E-state index contributed by atoms with van der Waals surface area (Å²) in [5.74, 6) is 1.69. The zero-order valence-corrected chi connectivity index (χ0v) is 15.4. The Morgan fingerprint density at radius 1 is 1.18 bits per heavy atom. The summed E-state index contributed by atoms with van der Waals surface area (Å²) in [6, 6.07) is 13.7. The minimum atomic E-state index is -0.750. The maximum atomic E-state index is 12.0. The molecule has 4 aromatic rings. The first-order valence-corrected chi connectivity index (χ1v) is 9.01. The molecule has 2 aromatic carbocycles. The number of benzene rings is 2. The van der Waals surface area contributed by atoms with Gasteiger partial charge in [-0.3, -0.25) is 0 Å². The zero-order valence-electron chi connectivity index (χ0n) is 15.4. The normalized spacial score (nSPS) is 12.6. The van der Waals surface area contributed by atoms with Crippen LogP contribution in [0, 0.1) is 0 Å². The number of hydrogen-bond acceptors (Lipinski definition) is 5. The molecule has 7 nitrogen and oxygen atoms in total. The van der Waals surface area contributed by atoms with E-state index in [1.165, 1.54) is 0 Å². The quantitative estimate of drug-likeness (QED) is 0.528. The van der Waals surface area contributed by atoms with Gasteiger partial charge in [0.15, 0.2) is 11.5 Å². The van der Waals surface area contributed by atoms with E-state index in [1.54, 1.807) is 6.92 Å². The van der Waals surface area contributed by atoms with E-state index in [4.69, 9.17) is 18.9 Å². The van der Waals surface area contributed by atoms with Gasteiger partial charge in [0.1, 0.15) is 0 Å². The summed E-state index contributed by atoms with van der Waals surface area (Å²) in [7, 11) is 1.99. The second-order valence-corrected chi connectivity index (χ2v) is 6.48. The number of aryl methyl sites for hydroxylation is 1. The van der Waals surface area contributed by atoms with Gasteiger partial charge >= 0.3 is 6.16 Å². The minimum absolute atomic E-state index is 0.196. The van der Waals surface area contributed by atoms with Gasteiger partial charge < -0.3 is 28.5 Å². The summed E-state index contributed by atoms with van der Waals surface area (Å²) >= 11 is 0. The van der Waals surface area contributed by atoms with Gasteiger partial charge in [0, 0.05) is 12.4 Å². The highest BCUT2D eigenvalue weighted by molar-refractivity contribution is 6.13. The molecule has 1 N–H and O–H groups in total. The first-order valence-electron chi connectivity index (χ1n) is 9.01. The lowest BCUT2D eigenvalue weighted by molar-refractivity contribution is 0.103. The summed E-state index contributed by atoms with van der Waals surface area (Å²) in [5.41, 5.74) is 4.51. The van der Waals surface area contributed by atoms with Crippen molar-refractivity contribution in [2.75, 3.05) is 13.4 Å². The van der Waals surface area contributed by atoms with Crippen molar-refractivity contribution in [2.45, 2.75) is 6.92 Å². The Hall–Kier alpha value is -3.61. The van der Waals surface area contributed by atoms with Crippen LogP contribution < -0.4 is 14.2 Å². The van der Waals surface area contributed by atoms with Crippen molar-refractivity contribution in [1.29, 1.82) is 0 Å². The molecule has 2 aromatic heterocycles. The van der Waals surface area contributed by atoms with Crippen molar-refractivity contribution >= 4 is 28.1 Å². The maximum Gasteiger partial charge on any atom is 0.515 e. The molecule has 0 radical (unpaired) electrons. The Morgan fingerprint density at radius 3 is 2.86 bits per heavy atom. The van der Waals surface area contributed by atoms with Crippen molar-refractivity contribution in [3.8, 4) is 28.5 Å². The van der Waals surface area contributed by atoms with Gasteiger partial charge in [-0.2, -0.15) is 0 Å². The summed E-state index contributed by atoms with van der Waals surface area (Å²) < 4.78 is 23.5. The van der Waals surface area contributed by atoms with E-state index in [-0.39, 0.29) is 13.4 Å². The van der Waals surface area contributed by atoms with E-state index in [0.717, 1.165) is 33.1 Å². The number of hydrogen-bond donors (Lipinski definition) is 1. The Kier molecular flexibility index (Phi) is 3.68. The molecule has 0 fully saturated rings. The average Bonchev–Trinajstić information content (AvgIpc) is 3.37. The van der Waals surface area contributed by atoms with E-state index in [2.05, 4.69) is 15.6 Å². The van der Waals surface area contributed by atoms with Crippen molar-refractivity contribution in [3.05, 3.63) is 42.5 Å². The predicted octanol–water partition coefficient (Wildman–Crippen LogP) is 4.59. The third kappa shape index (κ3) is 2.40. The number of nitrogens with zero attached hydrogens (tertiary/aromatic N) is 1. The Bertz CT molecular complexity index is 1220. The number of ether oxygens (including phenoxy) is 4. The summed E-state index contributed by atoms with van der Waals surface area (Å²) in [5, 5.41) is 1.04. The smallest absolute Gasteiger partial charge is 0.454 e. The molecule has 0 saturated heterocycles. The van der Waals surface area contributed by atoms with Crippen LogP contribution in [-0.4, -0.2) is 29.1 Å². The molecular weight excluding hydrogens is 360 g/mol. The van der Waals surface area contributed by atoms with Crippen LogP contribution in [0.25, 0.3) is 33.1 Å². The van der Waals surface area contributed by atoms with Crippen molar-refractivity contribution in [2.24, 2.45) is 7.05 Å². The van der Waals surface area contributed by atoms with Gasteiger partial charge in [-0.05, 0) is 30.7 Å². The molecule has 0 unspecified atom stereocenters. The number of H-pyrrole nitrogens is 1. The highest BCUT2D eigenvalue weighted by atomic mass is 16.7. The van der Waals surface area contributed by atoms with Gasteiger partial charge in [-0.25, -0.2) is 4.79 Å². The zero-order chi connectivity index (χ0) is 19.3. The molecule has 1 aliphatic heterocycles. The fraction of sp³-hybridized carbons (Fsp3) is 0.190. The van der Waals surface area contributed by atoms with Crippen LogP contribution in [-0.2, 0) is 11.8 Å². The van der Waals surface area contributed by atoms with Crippen LogP contribution >= 0.6 is 0 Å². The van der Waals surface area contributed by atoms with Crippen molar-refractivity contribution in [1.82, 2.24) is 9.55 Å². The van der Waals surface area contributed by atoms with Gasteiger partial charge in [0.25, 0.3) is 0 Å². The third-order valence-corrected chi connectivity index (χ3v) is 4.92. The molecule has 0 amide bonds. The monoisotopic (exact) mass is 378 g/mol. The topological polar surface area (TPSA) is 74.7 Å². The molecule has 142 valence electrons. The minimum Gasteiger partial charge on any atom is -0.454 e. The van der Waals surface area contributed by atoms with E-state index >= 15 is 0 Å². The number of fused-ring (bicyclic) bond motifs is 4. The van der Waals surface area contributed by atoms with E-state index < -0.39 is 6.16 Å². The van der Waals surface area contributed by atoms with Crippen LogP contribution in [0.4, 0.5) is 4.79 Å². The second-order valence-electron chi connectivity index (χ2n) is 6.48. The lowest BCUT2D eigenvalue weighted by atomic mass is 10.1. The number of nitrogens with one attached hydrogen (secondary N) is 1. The van der Waals surface area contributed by atoms with Crippen molar-refractivity contribution < 1.29 is 23.7 Å². The van der Waals surface area contributed by atoms with Crippen molar-refractivity contribution in [3.63, 3.8) is 0 Å². The summed E-state index contributed by atoms with van der Waals surface area (Å²) in [6.07, 6.45) is -0.750. The fourth-order valence-electron chi connectivity index (χ4n) is 3.72. The fourth-order valence-corrected chi connectivity index (χ4v) is 3.72. The molecule has 0 atom stereocenters. The van der Waals surface area contributed by atoms with Crippen LogP contribution in [0.3, 0.4) is 0 Å². The number of aromatic amines is 1. The standard InChI is InChI=1S/C21H18N2O5/c1-3-25-21(24)28-20-17(12-8-9-15-16(10-12)27-11-26-15)19-18(22-20)13-6-4-5-7-14(13)23(19)2/h4-10,22H,3,11H2,1-2H3. The predicted molar refractivity (Wildman–Crippen MR) is 104 cm³/mol. The molecule has 0 spiro atoms. The summed E-state index contributed by atoms with van der Waals surface area (Å²) in [4.78, 5) is 15.3. The Morgan fingerprint density at radius 2 is 2.00 bits per heavy atom. The molecule has 3 heterocycles. The molecule has 0 saturated carbocycles. The molecule has 0 aliphatic carbocycles. The first-order chi connectivity index (χ1) is 13.7. The van der Waals surface area contributed by atoms with Crippen LogP contribution in [0.5, 0.6) is 17.4 Å². The Labute approximate surface area is 160 Å². The molecule has 1 aliphatic rings. The van der Waals surface area contributed by atoms with Gasteiger partial charge in [0.05, 0.1) is 28.7 Å². The number of para-hydroxylation sites is 1. The number of carbonyl (C=O) groups is 1. The average molecular weight is 378 g/mol. The largest absolute Gasteiger partial charge is 0.515 e. The van der Waals surface area contributed by atoms with Crippen LogP contribution in [0.1, 0.15) is 6.92 Å². The van der Waals surface area contributed by atoms with E-state index in [1.807, 2.05) is 43.4 Å². The molecular formula is C21H18N2O5. The SMILES string of the molecule is CCOC(=O)Oc1[nH]c2c3ccccc3n(C)c2c1-c1ccc2c(c1)OCO2. The maximum absolute atomic E-state index is 12.0. The molecule has 7 heteroatoms. The highest BCUT2D eigenvalue weighted by Gasteiger charge is 2.25. The molecule has 0 bridgehead atoms. The molecule has 5 rings (SSSR count). The number of aromatic nitrogens is 2. The second kappa shape index (κ2) is 6.23. The first kappa shape index (κ1) is 16.6. The van der Waals surface area contributed by atoms with Gasteiger partial charge in [-0.1, -0.05) is 24.3 Å². The third-order valence-electron chi connectivity index (χ3n) is 4.92. The van der Waals surface area contributed by atoms with E-state index in [0.29, 0.717) is 17.4 Å². The van der Waals surface area contributed by atoms with Gasteiger partial charge in [0.2, 0.25) is 12.7 Å². The summed E-state index contributed by atoms with van der Waals surface area (Å²) in [6.45, 7) is 2.17. The lowest BCUT2D eigenvalue weighted by Gasteiger charge is -2.08. The van der Waals surface area contributed by atoms with E-state index in [9.17, 15) is 4.79 Å². The number of rotatable bonds is 3. The lowest BCUT2D eigenvalue weighted by Crippen LogP contribution is -2.10. The highest BCUT2D eigenvalue weighted by Crippen LogP contribution is 2.44. The van der Waals surface area contributed by atoms with Crippen LogP contribution in [0.2, 0.25) is 0 Å². The number of carbonyl (C=O) groups excluding carboxylic acids is 1. The Balaban J connectivity index is 1.77. The van der Waals surface area contributed by atoms with Crippen LogP contribution in [0.15, 0.2) is 42.5 Å².